The minimum atomic E-state index is -1.35. The molecular weight excluding hydrogens is 428 g/mol. The molecule has 0 amide bonds. The molecule has 4 atom stereocenters. The van der Waals surface area contributed by atoms with Crippen molar-refractivity contribution in [2.75, 3.05) is 7.11 Å². The van der Waals surface area contributed by atoms with E-state index in [0.29, 0.717) is 6.42 Å². The molecule has 1 spiro atoms. The molecule has 5 rings (SSSR count). The van der Waals surface area contributed by atoms with Crippen LogP contribution in [0.3, 0.4) is 0 Å². The first-order chi connectivity index (χ1) is 14.8. The third kappa shape index (κ3) is 2.36. The van der Waals surface area contributed by atoms with E-state index >= 15 is 0 Å². The number of hydrogen-bond donors (Lipinski definition) is 0. The summed E-state index contributed by atoms with van der Waals surface area (Å²) in [6.07, 6.45) is 2.93. The first-order valence-corrected chi connectivity index (χ1v) is 12.3. The second-order valence-electron chi connectivity index (χ2n) is 9.35. The summed E-state index contributed by atoms with van der Waals surface area (Å²) in [7, 11) is 0.0383. The zero-order valence-electron chi connectivity index (χ0n) is 18.1. The van der Waals surface area contributed by atoms with Crippen LogP contribution < -0.4 is 0 Å². The highest BCUT2D eigenvalue weighted by Crippen LogP contribution is 2.81. The predicted molar refractivity (Wildman–Crippen MR) is 125 cm³/mol. The fraction of sp³-hybridized carbons (Fsp3) is 0.423. The van der Waals surface area contributed by atoms with Crippen molar-refractivity contribution in [1.29, 1.82) is 0 Å². The van der Waals surface area contributed by atoms with Gasteiger partial charge >= 0.3 is 5.97 Å². The molecular formula is C26H27ClO3S. The maximum atomic E-state index is 14.3. The molecule has 2 heterocycles. The van der Waals surface area contributed by atoms with Crippen molar-refractivity contribution < 1.29 is 13.7 Å². The van der Waals surface area contributed by atoms with Gasteiger partial charge in [0.1, 0.15) is 0 Å². The molecule has 2 aromatic rings. The van der Waals surface area contributed by atoms with E-state index in [4.69, 9.17) is 16.3 Å². The molecule has 2 bridgehead atoms. The fourth-order valence-corrected chi connectivity index (χ4v) is 10.2. The van der Waals surface area contributed by atoms with Crippen LogP contribution in [0.2, 0.25) is 0 Å². The Labute approximate surface area is 191 Å². The Kier molecular flexibility index (Phi) is 4.59. The number of rotatable bonds is 5. The predicted octanol–water partition coefficient (Wildman–Crippen LogP) is 4.99. The highest BCUT2D eigenvalue weighted by atomic mass is 35.5. The number of carbonyl (C=O) groups is 1. The maximum Gasteiger partial charge on any atom is 0.329 e. The summed E-state index contributed by atoms with van der Waals surface area (Å²) in [4.78, 5) is 11.9. The van der Waals surface area contributed by atoms with Gasteiger partial charge in [-0.05, 0) is 61.8 Å². The highest BCUT2D eigenvalue weighted by Gasteiger charge is 2.90. The van der Waals surface area contributed by atoms with Crippen LogP contribution >= 0.6 is 11.6 Å². The normalized spacial score (nSPS) is 34.9. The smallest absolute Gasteiger partial charge is 0.329 e. The van der Waals surface area contributed by atoms with E-state index in [-0.39, 0.29) is 0 Å². The third-order valence-corrected chi connectivity index (χ3v) is 11.8. The number of esters is 1. The van der Waals surface area contributed by atoms with E-state index in [1.807, 2.05) is 43.3 Å². The second-order valence-corrected chi connectivity index (χ2v) is 12.1. The Morgan fingerprint density at radius 1 is 0.903 bits per heavy atom. The van der Waals surface area contributed by atoms with Gasteiger partial charge in [0.05, 0.1) is 16.6 Å². The van der Waals surface area contributed by atoms with Gasteiger partial charge in [0.2, 0.25) is 0 Å². The van der Waals surface area contributed by atoms with Crippen LogP contribution in [0, 0.1) is 5.41 Å². The lowest BCUT2D eigenvalue weighted by molar-refractivity contribution is -0.147. The maximum absolute atomic E-state index is 14.3. The molecule has 0 aromatic heterocycles. The molecule has 162 valence electrons. The number of halogens is 1. The van der Waals surface area contributed by atoms with Gasteiger partial charge < -0.3 is 4.74 Å². The standard InChI is InChI=1S/C26H27ClO3S/c1-23-20(16-18-10-6-4-7-11-18)21(17-19-12-8-5-9-13-19)24(2,31(23)29)26(27,22(28)30-3)25(23)14-15-25/h4-13H,14-17H2,1-3H3/t23?,24-,26?,31?/m0/s1. The number of methoxy groups -OCH3 is 1. The van der Waals surface area contributed by atoms with Crippen molar-refractivity contribution in [2.45, 2.75) is 53.9 Å². The Hall–Kier alpha value is -1.91. The van der Waals surface area contributed by atoms with Gasteiger partial charge in [0.15, 0.2) is 4.87 Å². The summed E-state index contributed by atoms with van der Waals surface area (Å²) < 4.78 is 17.9. The average molecular weight is 455 g/mol. The summed E-state index contributed by atoms with van der Waals surface area (Å²) >= 11 is 7.33. The van der Waals surface area contributed by atoms with Crippen LogP contribution in [0.15, 0.2) is 71.8 Å². The number of hydrogen-bond acceptors (Lipinski definition) is 3. The molecule has 0 N–H and O–H groups in total. The van der Waals surface area contributed by atoms with Crippen molar-refractivity contribution in [3.05, 3.63) is 82.9 Å². The molecule has 3 aliphatic rings. The molecule has 0 radical (unpaired) electrons. The van der Waals surface area contributed by atoms with Crippen molar-refractivity contribution in [1.82, 2.24) is 0 Å². The van der Waals surface area contributed by atoms with E-state index in [1.54, 1.807) is 0 Å². The van der Waals surface area contributed by atoms with E-state index in [9.17, 15) is 9.00 Å². The summed E-state index contributed by atoms with van der Waals surface area (Å²) in [5.41, 5.74) is 4.03. The Balaban J connectivity index is 1.76. The molecule has 1 saturated heterocycles. The van der Waals surface area contributed by atoms with Crippen LogP contribution in [0.1, 0.15) is 37.8 Å². The lowest BCUT2D eigenvalue weighted by Crippen LogP contribution is -2.60. The zero-order valence-corrected chi connectivity index (χ0v) is 19.7. The summed E-state index contributed by atoms with van der Waals surface area (Å²) in [6, 6.07) is 20.5. The monoisotopic (exact) mass is 454 g/mol. The van der Waals surface area contributed by atoms with E-state index in [2.05, 4.69) is 31.2 Å². The molecule has 2 aromatic carbocycles. The van der Waals surface area contributed by atoms with Gasteiger partial charge in [-0.1, -0.05) is 60.7 Å². The second kappa shape index (κ2) is 6.79. The SMILES string of the molecule is COC(=O)C1(Cl)C2(CC2)C2(C)C(Cc3ccccc3)=C(Cc3ccccc3)[C@]1(C)S2=O. The Morgan fingerprint density at radius 2 is 1.35 bits per heavy atom. The topological polar surface area (TPSA) is 43.4 Å². The number of alkyl halides is 1. The minimum absolute atomic E-state index is 0.449. The van der Waals surface area contributed by atoms with Crippen LogP contribution in [-0.2, 0) is 33.2 Å². The molecule has 1 aliphatic carbocycles. The molecule has 3 nitrogen and oxygen atoms in total. The Morgan fingerprint density at radius 3 is 1.77 bits per heavy atom. The van der Waals surface area contributed by atoms with E-state index < -0.39 is 36.6 Å². The summed E-state index contributed by atoms with van der Waals surface area (Å²) in [5, 5.41) is 0. The summed E-state index contributed by atoms with van der Waals surface area (Å²) in [5.74, 6) is -0.449. The molecule has 1 saturated carbocycles. The van der Waals surface area contributed by atoms with Crippen LogP contribution in [0.25, 0.3) is 0 Å². The van der Waals surface area contributed by atoms with E-state index in [0.717, 1.165) is 30.4 Å². The van der Waals surface area contributed by atoms with Crippen molar-refractivity contribution in [2.24, 2.45) is 5.41 Å². The van der Waals surface area contributed by atoms with E-state index in [1.165, 1.54) is 18.2 Å². The minimum Gasteiger partial charge on any atom is -0.468 e. The van der Waals surface area contributed by atoms with Gasteiger partial charge in [0, 0.05) is 16.2 Å². The molecule has 5 heteroatoms. The number of benzene rings is 2. The number of carbonyl (C=O) groups excluding carboxylic acids is 1. The number of ether oxygens (including phenoxy) is 1. The summed E-state index contributed by atoms with van der Waals surface area (Å²) in [6.45, 7) is 4.02. The van der Waals surface area contributed by atoms with Gasteiger partial charge in [-0.25, -0.2) is 0 Å². The van der Waals surface area contributed by atoms with Crippen molar-refractivity contribution >= 4 is 28.4 Å². The molecule has 31 heavy (non-hydrogen) atoms. The third-order valence-electron chi connectivity index (χ3n) is 8.15. The first kappa shape index (κ1) is 21.0. The quantitative estimate of drug-likeness (QED) is 0.363. The fourth-order valence-electron chi connectivity index (χ4n) is 6.42. The highest BCUT2D eigenvalue weighted by molar-refractivity contribution is 7.89. The first-order valence-electron chi connectivity index (χ1n) is 10.8. The Bertz CT molecular complexity index is 1110. The molecule has 2 aliphatic heterocycles. The van der Waals surface area contributed by atoms with Crippen LogP contribution in [0.4, 0.5) is 0 Å². The van der Waals surface area contributed by atoms with Gasteiger partial charge in [-0.2, -0.15) is 0 Å². The van der Waals surface area contributed by atoms with Gasteiger partial charge in [-0.3, -0.25) is 9.00 Å². The zero-order chi connectivity index (χ0) is 22.1. The van der Waals surface area contributed by atoms with Gasteiger partial charge in [-0.15, -0.1) is 11.6 Å². The van der Waals surface area contributed by atoms with Crippen molar-refractivity contribution in [3.63, 3.8) is 0 Å². The number of fused-ring (bicyclic) bond motifs is 3. The van der Waals surface area contributed by atoms with Crippen LogP contribution in [-0.4, -0.2) is 31.7 Å². The van der Waals surface area contributed by atoms with Crippen LogP contribution in [0.5, 0.6) is 0 Å². The lowest BCUT2D eigenvalue weighted by atomic mass is 9.60. The largest absolute Gasteiger partial charge is 0.468 e. The lowest BCUT2D eigenvalue weighted by Gasteiger charge is -2.46. The van der Waals surface area contributed by atoms with Crippen molar-refractivity contribution in [3.8, 4) is 0 Å². The molecule has 2 fully saturated rings. The molecule has 3 unspecified atom stereocenters. The van der Waals surface area contributed by atoms with Gasteiger partial charge in [0.25, 0.3) is 0 Å². The average Bonchev–Trinajstić information content (AvgIpc) is 3.58.